The molecule has 2 N–H and O–H groups in total. The fourth-order valence-corrected chi connectivity index (χ4v) is 2.46. The highest BCUT2D eigenvalue weighted by atomic mass is 35.5. The van der Waals surface area contributed by atoms with E-state index in [1.165, 1.54) is 6.92 Å². The van der Waals surface area contributed by atoms with Gasteiger partial charge < -0.3 is 10.6 Å². The van der Waals surface area contributed by atoms with Gasteiger partial charge in [-0.05, 0) is 36.4 Å². The lowest BCUT2D eigenvalue weighted by Crippen LogP contribution is -2.33. The fourth-order valence-electron chi connectivity index (χ4n) is 1.48. The van der Waals surface area contributed by atoms with Crippen LogP contribution in [0.5, 0.6) is 0 Å². The molecule has 0 bridgehead atoms. The Morgan fingerprint density at radius 1 is 1.15 bits per heavy atom. The third-order valence-corrected chi connectivity index (χ3v) is 3.80. The zero-order chi connectivity index (χ0) is 14.8. The summed E-state index contributed by atoms with van der Waals surface area (Å²) in [5.41, 5.74) is 0. The van der Waals surface area contributed by atoms with Crippen LogP contribution in [0.2, 0.25) is 5.02 Å². The summed E-state index contributed by atoms with van der Waals surface area (Å²) in [5.74, 6) is 0.825. The van der Waals surface area contributed by atoms with Crippen molar-refractivity contribution in [3.63, 3.8) is 0 Å². The number of benzene rings is 1. The van der Waals surface area contributed by atoms with E-state index in [9.17, 15) is 9.59 Å². The van der Waals surface area contributed by atoms with Crippen LogP contribution in [0, 0.1) is 0 Å². The van der Waals surface area contributed by atoms with E-state index >= 15 is 0 Å². The van der Waals surface area contributed by atoms with E-state index in [1.54, 1.807) is 11.8 Å². The Kier molecular flexibility index (Phi) is 8.14. The Labute approximate surface area is 128 Å². The molecule has 0 aliphatic rings. The maximum Gasteiger partial charge on any atom is 0.220 e. The van der Waals surface area contributed by atoms with E-state index < -0.39 is 0 Å². The third kappa shape index (κ3) is 8.07. The number of amides is 2. The fraction of sp³-hybridized carbons (Fsp3) is 0.429. The zero-order valence-corrected chi connectivity index (χ0v) is 13.0. The molecular formula is C14H19ClN2O2S. The SMILES string of the molecule is CC(=O)NCCNC(=O)CCCSc1ccc(Cl)cc1. The van der Waals surface area contributed by atoms with Crippen LogP contribution in [0.3, 0.4) is 0 Å². The molecule has 1 rings (SSSR count). The van der Waals surface area contributed by atoms with Crippen LogP contribution < -0.4 is 10.6 Å². The van der Waals surface area contributed by atoms with Crippen molar-refractivity contribution in [1.82, 2.24) is 10.6 Å². The van der Waals surface area contributed by atoms with E-state index in [0.29, 0.717) is 19.5 Å². The number of rotatable bonds is 8. The summed E-state index contributed by atoms with van der Waals surface area (Å²) < 4.78 is 0. The molecule has 0 unspecified atom stereocenters. The molecule has 2 amide bonds. The predicted molar refractivity (Wildman–Crippen MR) is 83.1 cm³/mol. The lowest BCUT2D eigenvalue weighted by Gasteiger charge is -2.05. The average Bonchev–Trinajstić information content (AvgIpc) is 2.41. The first kappa shape index (κ1) is 16.9. The molecular weight excluding hydrogens is 296 g/mol. The molecule has 0 heterocycles. The van der Waals surface area contributed by atoms with Crippen molar-refractivity contribution in [2.24, 2.45) is 0 Å². The topological polar surface area (TPSA) is 58.2 Å². The minimum Gasteiger partial charge on any atom is -0.355 e. The number of carbonyl (C=O) groups is 2. The molecule has 0 aliphatic carbocycles. The Morgan fingerprint density at radius 2 is 1.80 bits per heavy atom. The van der Waals surface area contributed by atoms with E-state index in [1.807, 2.05) is 24.3 Å². The first-order valence-corrected chi connectivity index (χ1v) is 7.84. The standard InChI is InChI=1S/C14H19ClN2O2S/c1-11(18)16-8-9-17-14(19)3-2-10-20-13-6-4-12(15)5-7-13/h4-7H,2-3,8-10H2,1H3,(H,16,18)(H,17,19). The van der Waals surface area contributed by atoms with Crippen molar-refractivity contribution in [3.05, 3.63) is 29.3 Å². The molecule has 0 saturated heterocycles. The van der Waals surface area contributed by atoms with Crippen molar-refractivity contribution in [1.29, 1.82) is 0 Å². The van der Waals surface area contributed by atoms with Gasteiger partial charge in [-0.15, -0.1) is 11.8 Å². The second-order valence-corrected chi connectivity index (χ2v) is 5.84. The largest absolute Gasteiger partial charge is 0.355 e. The molecule has 1 aromatic rings. The second-order valence-electron chi connectivity index (χ2n) is 4.24. The molecule has 1 aromatic carbocycles. The van der Waals surface area contributed by atoms with Crippen LogP contribution in [-0.4, -0.2) is 30.7 Å². The van der Waals surface area contributed by atoms with Crippen molar-refractivity contribution < 1.29 is 9.59 Å². The van der Waals surface area contributed by atoms with Crippen LogP contribution in [0.1, 0.15) is 19.8 Å². The van der Waals surface area contributed by atoms with Crippen LogP contribution in [0.4, 0.5) is 0 Å². The van der Waals surface area contributed by atoms with Gasteiger partial charge >= 0.3 is 0 Å². The van der Waals surface area contributed by atoms with Gasteiger partial charge in [-0.25, -0.2) is 0 Å². The van der Waals surface area contributed by atoms with Crippen molar-refractivity contribution in [3.8, 4) is 0 Å². The van der Waals surface area contributed by atoms with Gasteiger partial charge in [-0.1, -0.05) is 11.6 Å². The van der Waals surface area contributed by atoms with Gasteiger partial charge in [0.2, 0.25) is 11.8 Å². The Balaban J connectivity index is 2.04. The number of thioether (sulfide) groups is 1. The van der Waals surface area contributed by atoms with E-state index in [4.69, 9.17) is 11.6 Å². The number of hydrogen-bond acceptors (Lipinski definition) is 3. The van der Waals surface area contributed by atoms with Crippen molar-refractivity contribution >= 4 is 35.2 Å². The van der Waals surface area contributed by atoms with Gasteiger partial charge in [0.25, 0.3) is 0 Å². The maximum atomic E-state index is 11.5. The van der Waals surface area contributed by atoms with Crippen LogP contribution in [0.15, 0.2) is 29.2 Å². The highest BCUT2D eigenvalue weighted by Gasteiger charge is 2.01. The predicted octanol–water partition coefficient (Wildman–Crippen LogP) is 2.46. The summed E-state index contributed by atoms with van der Waals surface area (Å²) >= 11 is 7.51. The van der Waals surface area contributed by atoms with E-state index in [2.05, 4.69) is 10.6 Å². The Bertz CT molecular complexity index is 437. The van der Waals surface area contributed by atoms with E-state index in [-0.39, 0.29) is 11.8 Å². The van der Waals surface area contributed by atoms with E-state index in [0.717, 1.165) is 22.1 Å². The lowest BCUT2D eigenvalue weighted by atomic mass is 10.3. The van der Waals surface area contributed by atoms with Gasteiger partial charge in [-0.2, -0.15) is 0 Å². The maximum absolute atomic E-state index is 11.5. The van der Waals surface area contributed by atoms with Gasteiger partial charge in [-0.3, -0.25) is 9.59 Å². The summed E-state index contributed by atoms with van der Waals surface area (Å²) in [5, 5.41) is 6.12. The number of carbonyl (C=O) groups excluding carboxylic acids is 2. The Morgan fingerprint density at radius 3 is 2.45 bits per heavy atom. The summed E-state index contributed by atoms with van der Waals surface area (Å²) in [7, 11) is 0. The van der Waals surface area contributed by atoms with Crippen molar-refractivity contribution in [2.45, 2.75) is 24.7 Å². The molecule has 0 atom stereocenters. The normalized spacial score (nSPS) is 10.1. The zero-order valence-electron chi connectivity index (χ0n) is 11.4. The highest BCUT2D eigenvalue weighted by molar-refractivity contribution is 7.99. The third-order valence-electron chi connectivity index (χ3n) is 2.45. The molecule has 0 aliphatic heterocycles. The first-order valence-electron chi connectivity index (χ1n) is 6.47. The molecule has 0 fully saturated rings. The van der Waals surface area contributed by atoms with Gasteiger partial charge in [0.1, 0.15) is 0 Å². The number of hydrogen-bond donors (Lipinski definition) is 2. The molecule has 110 valence electrons. The monoisotopic (exact) mass is 314 g/mol. The average molecular weight is 315 g/mol. The molecule has 0 aromatic heterocycles. The minimum absolute atomic E-state index is 0.0204. The number of nitrogens with one attached hydrogen (secondary N) is 2. The molecule has 0 saturated carbocycles. The minimum atomic E-state index is -0.0846. The first-order chi connectivity index (χ1) is 9.58. The molecule has 0 spiro atoms. The highest BCUT2D eigenvalue weighted by Crippen LogP contribution is 2.21. The quantitative estimate of drug-likeness (QED) is 0.572. The molecule has 4 nitrogen and oxygen atoms in total. The second kappa shape index (κ2) is 9.66. The Hall–Kier alpha value is -1.20. The van der Waals surface area contributed by atoms with Crippen LogP contribution in [0.25, 0.3) is 0 Å². The number of halogens is 1. The smallest absolute Gasteiger partial charge is 0.220 e. The van der Waals surface area contributed by atoms with Crippen LogP contribution >= 0.6 is 23.4 Å². The van der Waals surface area contributed by atoms with Gasteiger partial charge in [0.15, 0.2) is 0 Å². The molecule has 6 heteroatoms. The summed E-state index contributed by atoms with van der Waals surface area (Å²) in [6.45, 7) is 2.40. The summed E-state index contributed by atoms with van der Waals surface area (Å²) in [4.78, 5) is 23.3. The van der Waals surface area contributed by atoms with Crippen molar-refractivity contribution in [2.75, 3.05) is 18.8 Å². The lowest BCUT2D eigenvalue weighted by molar-refractivity contribution is -0.122. The summed E-state index contributed by atoms with van der Waals surface area (Å²) in [6.07, 6.45) is 1.32. The summed E-state index contributed by atoms with van der Waals surface area (Å²) in [6, 6.07) is 7.66. The van der Waals surface area contributed by atoms with Crippen LogP contribution in [-0.2, 0) is 9.59 Å². The van der Waals surface area contributed by atoms with Gasteiger partial charge in [0, 0.05) is 36.4 Å². The molecule has 20 heavy (non-hydrogen) atoms. The van der Waals surface area contributed by atoms with Gasteiger partial charge in [0.05, 0.1) is 0 Å². The molecule has 0 radical (unpaired) electrons.